The van der Waals surface area contributed by atoms with Crippen molar-refractivity contribution in [2.24, 2.45) is 0 Å². The lowest BCUT2D eigenvalue weighted by Crippen LogP contribution is -2.23. The summed E-state index contributed by atoms with van der Waals surface area (Å²) < 4.78 is 17.9. The first-order chi connectivity index (χ1) is 8.16. The molecule has 88 valence electrons. The molecule has 17 heavy (non-hydrogen) atoms. The fourth-order valence-corrected chi connectivity index (χ4v) is 1.28. The highest BCUT2D eigenvalue weighted by Gasteiger charge is 2.12. The van der Waals surface area contributed by atoms with Gasteiger partial charge in [-0.15, -0.1) is 0 Å². The van der Waals surface area contributed by atoms with Crippen LogP contribution in [-0.2, 0) is 6.54 Å². The maximum absolute atomic E-state index is 13.3. The number of carbonyl (C=O) groups is 1. The highest BCUT2D eigenvalue weighted by Crippen LogP contribution is 2.14. The standard InChI is InChI=1S/C11H9FN2O3/c12-10-5-8(15)1-2-9(10)11(16)13-6-7-3-4-17-14-7/h1-5,15H,6H2,(H,13,16). The molecule has 0 unspecified atom stereocenters. The first-order valence-electron chi connectivity index (χ1n) is 4.83. The van der Waals surface area contributed by atoms with Gasteiger partial charge in [0.05, 0.1) is 12.1 Å². The molecule has 1 amide bonds. The molecule has 2 aromatic rings. The molecule has 0 spiro atoms. The van der Waals surface area contributed by atoms with Crippen LogP contribution in [0.4, 0.5) is 4.39 Å². The Hall–Kier alpha value is -2.37. The Balaban J connectivity index is 2.04. The summed E-state index contributed by atoms with van der Waals surface area (Å²) in [6.07, 6.45) is 1.38. The molecule has 1 aromatic heterocycles. The van der Waals surface area contributed by atoms with Crippen molar-refractivity contribution in [1.29, 1.82) is 0 Å². The first-order valence-corrected chi connectivity index (χ1v) is 4.83. The van der Waals surface area contributed by atoms with Crippen molar-refractivity contribution in [3.63, 3.8) is 0 Å². The maximum atomic E-state index is 13.3. The van der Waals surface area contributed by atoms with Crippen LogP contribution in [0.5, 0.6) is 5.75 Å². The monoisotopic (exact) mass is 236 g/mol. The van der Waals surface area contributed by atoms with Gasteiger partial charge < -0.3 is 14.9 Å². The zero-order valence-corrected chi connectivity index (χ0v) is 8.68. The number of benzene rings is 1. The molecule has 0 aliphatic carbocycles. The molecule has 2 rings (SSSR count). The minimum Gasteiger partial charge on any atom is -0.508 e. The predicted molar refractivity (Wildman–Crippen MR) is 55.7 cm³/mol. The lowest BCUT2D eigenvalue weighted by Gasteiger charge is -2.04. The van der Waals surface area contributed by atoms with Crippen molar-refractivity contribution in [1.82, 2.24) is 10.5 Å². The molecule has 6 heteroatoms. The van der Waals surface area contributed by atoms with Gasteiger partial charge in [0.1, 0.15) is 23.5 Å². The molecule has 0 fully saturated rings. The molecule has 1 aromatic carbocycles. The smallest absolute Gasteiger partial charge is 0.254 e. The summed E-state index contributed by atoms with van der Waals surface area (Å²) in [4.78, 5) is 11.6. The summed E-state index contributed by atoms with van der Waals surface area (Å²) >= 11 is 0. The molecule has 0 aliphatic heterocycles. The van der Waals surface area contributed by atoms with Gasteiger partial charge in [-0.3, -0.25) is 4.79 Å². The van der Waals surface area contributed by atoms with E-state index in [4.69, 9.17) is 5.11 Å². The minimum atomic E-state index is -0.775. The highest BCUT2D eigenvalue weighted by atomic mass is 19.1. The van der Waals surface area contributed by atoms with Gasteiger partial charge in [-0.05, 0) is 12.1 Å². The second-order valence-electron chi connectivity index (χ2n) is 3.34. The fraction of sp³-hybridized carbons (Fsp3) is 0.0909. The summed E-state index contributed by atoms with van der Waals surface area (Å²) in [6, 6.07) is 4.93. The molecule has 0 saturated heterocycles. The highest BCUT2D eigenvalue weighted by molar-refractivity contribution is 5.94. The van der Waals surface area contributed by atoms with Gasteiger partial charge in [-0.1, -0.05) is 5.16 Å². The zero-order chi connectivity index (χ0) is 12.3. The third kappa shape index (κ3) is 2.60. The molecule has 0 radical (unpaired) electrons. The maximum Gasteiger partial charge on any atom is 0.254 e. The van der Waals surface area contributed by atoms with E-state index < -0.39 is 11.7 Å². The lowest BCUT2D eigenvalue weighted by atomic mass is 10.2. The van der Waals surface area contributed by atoms with Gasteiger partial charge in [-0.2, -0.15) is 0 Å². The number of hydrogen-bond donors (Lipinski definition) is 2. The Kier molecular flexibility index (Phi) is 3.04. The number of aromatic hydroxyl groups is 1. The predicted octanol–water partition coefficient (Wildman–Crippen LogP) is 1.45. The molecule has 1 heterocycles. The Morgan fingerprint density at radius 1 is 1.47 bits per heavy atom. The van der Waals surface area contributed by atoms with E-state index >= 15 is 0 Å². The molecular formula is C11H9FN2O3. The van der Waals surface area contributed by atoms with E-state index in [1.54, 1.807) is 6.07 Å². The van der Waals surface area contributed by atoms with Crippen LogP contribution in [-0.4, -0.2) is 16.2 Å². The minimum absolute atomic E-state index is 0.133. The molecule has 2 N–H and O–H groups in total. The number of nitrogens with zero attached hydrogens (tertiary/aromatic N) is 1. The van der Waals surface area contributed by atoms with E-state index in [0.29, 0.717) is 5.69 Å². The number of aromatic nitrogens is 1. The number of phenols is 1. The third-order valence-corrected chi connectivity index (χ3v) is 2.12. The van der Waals surface area contributed by atoms with Crippen molar-refractivity contribution < 1.29 is 18.8 Å². The lowest BCUT2D eigenvalue weighted by molar-refractivity contribution is 0.0946. The van der Waals surface area contributed by atoms with Crippen LogP contribution in [0, 0.1) is 5.82 Å². The summed E-state index contributed by atoms with van der Waals surface area (Å²) in [7, 11) is 0. The molecule has 0 saturated carbocycles. The normalized spacial score (nSPS) is 10.2. The van der Waals surface area contributed by atoms with Crippen LogP contribution in [0.3, 0.4) is 0 Å². The second kappa shape index (κ2) is 4.65. The van der Waals surface area contributed by atoms with Crippen LogP contribution < -0.4 is 5.32 Å². The van der Waals surface area contributed by atoms with Crippen LogP contribution >= 0.6 is 0 Å². The largest absolute Gasteiger partial charge is 0.508 e. The van der Waals surface area contributed by atoms with E-state index in [1.165, 1.54) is 18.4 Å². The first kappa shape index (κ1) is 11.1. The van der Waals surface area contributed by atoms with Crippen LogP contribution in [0.1, 0.15) is 16.1 Å². The van der Waals surface area contributed by atoms with Crippen molar-refractivity contribution in [2.75, 3.05) is 0 Å². The van der Waals surface area contributed by atoms with Crippen molar-refractivity contribution in [2.45, 2.75) is 6.54 Å². The number of hydrogen-bond acceptors (Lipinski definition) is 4. The molecular weight excluding hydrogens is 227 g/mol. The second-order valence-corrected chi connectivity index (χ2v) is 3.34. The Morgan fingerprint density at radius 2 is 2.29 bits per heavy atom. The van der Waals surface area contributed by atoms with Gasteiger partial charge in [0.2, 0.25) is 0 Å². The molecule has 0 aliphatic rings. The number of halogens is 1. The van der Waals surface area contributed by atoms with E-state index in [0.717, 1.165) is 6.07 Å². The summed E-state index contributed by atoms with van der Waals surface area (Å²) in [6.45, 7) is 0.148. The van der Waals surface area contributed by atoms with Crippen LogP contribution in [0.25, 0.3) is 0 Å². The van der Waals surface area contributed by atoms with Crippen molar-refractivity contribution in [3.8, 4) is 5.75 Å². The van der Waals surface area contributed by atoms with Crippen LogP contribution in [0.2, 0.25) is 0 Å². The number of carbonyl (C=O) groups excluding carboxylic acids is 1. The average Bonchev–Trinajstić information content (AvgIpc) is 2.78. The molecule has 0 atom stereocenters. The number of phenolic OH excluding ortho intramolecular Hbond substituents is 1. The van der Waals surface area contributed by atoms with E-state index in [-0.39, 0.29) is 17.9 Å². The summed E-state index contributed by atoms with van der Waals surface area (Å²) in [5, 5.41) is 15.1. The third-order valence-electron chi connectivity index (χ3n) is 2.12. The van der Waals surface area contributed by atoms with Gasteiger partial charge in [0.25, 0.3) is 5.91 Å². The number of rotatable bonds is 3. The number of nitrogens with one attached hydrogen (secondary N) is 1. The SMILES string of the molecule is O=C(NCc1ccon1)c1ccc(O)cc1F. The quantitative estimate of drug-likeness (QED) is 0.845. The van der Waals surface area contributed by atoms with Gasteiger partial charge in [0, 0.05) is 12.1 Å². The van der Waals surface area contributed by atoms with Crippen LogP contribution in [0.15, 0.2) is 35.1 Å². The summed E-state index contributed by atoms with van der Waals surface area (Å²) in [5.74, 6) is -1.58. The number of amides is 1. The van der Waals surface area contributed by atoms with Crippen molar-refractivity contribution >= 4 is 5.91 Å². The van der Waals surface area contributed by atoms with Gasteiger partial charge in [0.15, 0.2) is 0 Å². The van der Waals surface area contributed by atoms with E-state index in [2.05, 4.69) is 15.0 Å². The topological polar surface area (TPSA) is 75.4 Å². The Bertz CT molecular complexity index is 526. The zero-order valence-electron chi connectivity index (χ0n) is 8.68. The average molecular weight is 236 g/mol. The van der Waals surface area contributed by atoms with E-state index in [1.807, 2.05) is 0 Å². The fourth-order valence-electron chi connectivity index (χ4n) is 1.28. The Morgan fingerprint density at radius 3 is 2.94 bits per heavy atom. The van der Waals surface area contributed by atoms with Gasteiger partial charge in [-0.25, -0.2) is 4.39 Å². The van der Waals surface area contributed by atoms with E-state index in [9.17, 15) is 9.18 Å². The van der Waals surface area contributed by atoms with Crippen molar-refractivity contribution in [3.05, 3.63) is 47.6 Å². The molecule has 5 nitrogen and oxygen atoms in total. The summed E-state index contributed by atoms with van der Waals surface area (Å²) in [5.41, 5.74) is 0.406. The van der Waals surface area contributed by atoms with Gasteiger partial charge >= 0.3 is 0 Å². The Labute approximate surface area is 95.9 Å². The molecule has 0 bridgehead atoms.